The van der Waals surface area contributed by atoms with Gasteiger partial charge in [0, 0.05) is 19.3 Å². The van der Waals surface area contributed by atoms with E-state index in [1.54, 1.807) is 20.8 Å². The number of pyridine rings is 1. The molecule has 8 nitrogen and oxygen atoms in total. The molecule has 1 amide bonds. The fraction of sp³-hybridized carbons (Fsp3) is 0.526. The molecule has 11 heteroatoms. The molecule has 0 spiro atoms. The van der Waals surface area contributed by atoms with Gasteiger partial charge in [-0.05, 0) is 45.2 Å². The molecular formula is C19H20Cl2FN5O3. The highest BCUT2D eigenvalue weighted by Gasteiger charge is 2.55. The molecule has 2 saturated heterocycles. The normalized spacial score (nSPS) is 23.7. The SMILES string of the molecule is CC(C)(C)OC(=O)N1C2CCC1(C=O)CN(c1nc(Cl)nc3c(F)c(Cl)ncc13)C2. The third kappa shape index (κ3) is 3.43. The molecular weight excluding hydrogens is 436 g/mol. The summed E-state index contributed by atoms with van der Waals surface area (Å²) >= 11 is 11.8. The Morgan fingerprint density at radius 2 is 2.10 bits per heavy atom. The first-order chi connectivity index (χ1) is 14.0. The van der Waals surface area contributed by atoms with E-state index in [4.69, 9.17) is 27.9 Å². The Morgan fingerprint density at radius 1 is 1.37 bits per heavy atom. The lowest BCUT2D eigenvalue weighted by Crippen LogP contribution is -2.65. The third-order valence-corrected chi connectivity index (χ3v) is 5.79. The summed E-state index contributed by atoms with van der Waals surface area (Å²) in [6.45, 7) is 5.87. The molecule has 2 unspecified atom stereocenters. The predicted octanol–water partition coefficient (Wildman–Crippen LogP) is 3.63. The predicted molar refractivity (Wildman–Crippen MR) is 109 cm³/mol. The van der Waals surface area contributed by atoms with Crippen LogP contribution in [-0.4, -0.2) is 62.5 Å². The highest BCUT2D eigenvalue weighted by Crippen LogP contribution is 2.41. The summed E-state index contributed by atoms with van der Waals surface area (Å²) in [7, 11) is 0. The molecule has 30 heavy (non-hydrogen) atoms. The molecule has 2 bridgehead atoms. The summed E-state index contributed by atoms with van der Waals surface area (Å²) in [4.78, 5) is 40.4. The number of carbonyl (C=O) groups excluding carboxylic acids is 2. The van der Waals surface area contributed by atoms with Gasteiger partial charge in [0.2, 0.25) is 5.28 Å². The standard InChI is InChI=1S/C19H20Cl2FN5O3/c1-18(2,3)30-17(29)27-10-4-5-19(27,9-28)8-26(7-10)15-11-6-23-14(20)12(22)13(11)24-16(21)25-15/h6,9-10H,4-5,7-8H2,1-3H3. The average Bonchev–Trinajstić information content (AvgIpc) is 2.90. The van der Waals surface area contributed by atoms with Crippen LogP contribution in [0.1, 0.15) is 33.6 Å². The number of fused-ring (bicyclic) bond motifs is 3. The van der Waals surface area contributed by atoms with Gasteiger partial charge in [-0.2, -0.15) is 4.98 Å². The van der Waals surface area contributed by atoms with Crippen molar-refractivity contribution in [2.24, 2.45) is 0 Å². The van der Waals surface area contributed by atoms with Gasteiger partial charge in [0.15, 0.2) is 11.0 Å². The fourth-order valence-electron chi connectivity index (χ4n) is 4.20. The van der Waals surface area contributed by atoms with Crippen LogP contribution < -0.4 is 4.90 Å². The highest BCUT2D eigenvalue weighted by molar-refractivity contribution is 6.30. The van der Waals surface area contributed by atoms with Gasteiger partial charge in [-0.25, -0.2) is 19.2 Å². The van der Waals surface area contributed by atoms with Crippen LogP contribution in [0.2, 0.25) is 10.4 Å². The van der Waals surface area contributed by atoms with Crippen LogP contribution in [0.15, 0.2) is 6.20 Å². The van der Waals surface area contributed by atoms with E-state index in [2.05, 4.69) is 15.0 Å². The first-order valence-electron chi connectivity index (χ1n) is 9.45. The minimum atomic E-state index is -1.08. The van der Waals surface area contributed by atoms with E-state index in [0.717, 1.165) is 6.29 Å². The molecule has 2 aromatic heterocycles. The monoisotopic (exact) mass is 455 g/mol. The molecule has 2 fully saturated rings. The van der Waals surface area contributed by atoms with Crippen LogP contribution in [0.3, 0.4) is 0 Å². The Hall–Kier alpha value is -2.26. The number of anilines is 1. The number of piperazine rings is 1. The number of halogens is 3. The number of aromatic nitrogens is 3. The van der Waals surface area contributed by atoms with E-state index >= 15 is 0 Å². The Bertz CT molecular complexity index is 1050. The Balaban J connectivity index is 1.74. The van der Waals surface area contributed by atoms with E-state index in [-0.39, 0.29) is 28.5 Å². The molecule has 0 aromatic carbocycles. The summed E-state index contributed by atoms with van der Waals surface area (Å²) in [6.07, 6.45) is 2.75. The average molecular weight is 456 g/mol. The summed E-state index contributed by atoms with van der Waals surface area (Å²) in [5, 5.41) is -0.143. The maximum absolute atomic E-state index is 14.5. The third-order valence-electron chi connectivity index (χ3n) is 5.35. The lowest BCUT2D eigenvalue weighted by molar-refractivity contribution is -0.118. The van der Waals surface area contributed by atoms with Crippen LogP contribution in [0.5, 0.6) is 0 Å². The second-order valence-corrected chi connectivity index (χ2v) is 9.28. The van der Waals surface area contributed by atoms with Gasteiger partial charge < -0.3 is 14.4 Å². The largest absolute Gasteiger partial charge is 0.444 e. The molecule has 4 rings (SSSR count). The molecule has 0 radical (unpaired) electrons. The van der Waals surface area contributed by atoms with Gasteiger partial charge in [0.05, 0.1) is 11.4 Å². The van der Waals surface area contributed by atoms with Crippen molar-refractivity contribution >= 4 is 52.3 Å². The molecule has 2 atom stereocenters. The van der Waals surface area contributed by atoms with Crippen LogP contribution in [0, 0.1) is 5.82 Å². The van der Waals surface area contributed by atoms with E-state index in [0.29, 0.717) is 30.6 Å². The highest BCUT2D eigenvalue weighted by atomic mass is 35.5. The quantitative estimate of drug-likeness (QED) is 0.388. The van der Waals surface area contributed by atoms with Crippen molar-refractivity contribution in [3.05, 3.63) is 22.5 Å². The van der Waals surface area contributed by atoms with Crippen molar-refractivity contribution in [1.82, 2.24) is 19.9 Å². The van der Waals surface area contributed by atoms with E-state index < -0.39 is 23.1 Å². The zero-order valence-electron chi connectivity index (χ0n) is 16.7. The van der Waals surface area contributed by atoms with Crippen molar-refractivity contribution in [3.8, 4) is 0 Å². The number of hydrogen-bond donors (Lipinski definition) is 0. The van der Waals surface area contributed by atoms with E-state index in [9.17, 15) is 14.0 Å². The molecule has 0 N–H and O–H groups in total. The van der Waals surface area contributed by atoms with E-state index in [1.807, 2.05) is 4.90 Å². The van der Waals surface area contributed by atoms with Gasteiger partial charge in [0.1, 0.15) is 28.8 Å². The fourth-order valence-corrected chi connectivity index (χ4v) is 4.50. The number of carbonyl (C=O) groups is 2. The second kappa shape index (κ2) is 7.16. The number of ether oxygens (including phenoxy) is 1. The van der Waals surface area contributed by atoms with Crippen molar-refractivity contribution in [1.29, 1.82) is 0 Å². The lowest BCUT2D eigenvalue weighted by atomic mass is 9.97. The Labute approximate surface area is 182 Å². The number of aldehydes is 1. The van der Waals surface area contributed by atoms with Gasteiger partial charge in [-0.3, -0.25) is 4.90 Å². The Morgan fingerprint density at radius 3 is 2.77 bits per heavy atom. The first-order valence-corrected chi connectivity index (χ1v) is 10.2. The number of nitrogens with zero attached hydrogens (tertiary/aromatic N) is 5. The molecule has 4 heterocycles. The molecule has 2 aliphatic rings. The summed E-state index contributed by atoms with van der Waals surface area (Å²) in [5.74, 6) is -0.449. The van der Waals surface area contributed by atoms with Crippen LogP contribution in [0.25, 0.3) is 10.9 Å². The van der Waals surface area contributed by atoms with Crippen molar-refractivity contribution in [2.75, 3.05) is 18.0 Å². The summed E-state index contributed by atoms with van der Waals surface area (Å²) < 4.78 is 20.0. The van der Waals surface area contributed by atoms with Crippen molar-refractivity contribution in [2.45, 2.75) is 50.8 Å². The van der Waals surface area contributed by atoms with Gasteiger partial charge in [-0.1, -0.05) is 11.6 Å². The first kappa shape index (κ1) is 21.0. The van der Waals surface area contributed by atoms with Crippen molar-refractivity contribution in [3.63, 3.8) is 0 Å². The van der Waals surface area contributed by atoms with Gasteiger partial charge in [-0.15, -0.1) is 0 Å². The molecule has 0 saturated carbocycles. The van der Waals surface area contributed by atoms with Crippen molar-refractivity contribution < 1.29 is 18.7 Å². The zero-order valence-corrected chi connectivity index (χ0v) is 18.2. The Kier molecular flexibility index (Phi) is 5.01. The molecule has 2 aromatic rings. The van der Waals surface area contributed by atoms with Crippen LogP contribution >= 0.6 is 23.2 Å². The second-order valence-electron chi connectivity index (χ2n) is 8.59. The summed E-state index contributed by atoms with van der Waals surface area (Å²) in [5.41, 5.74) is -1.81. The van der Waals surface area contributed by atoms with Crippen LogP contribution in [-0.2, 0) is 9.53 Å². The van der Waals surface area contributed by atoms with Crippen LogP contribution in [0.4, 0.5) is 15.0 Å². The van der Waals surface area contributed by atoms with Gasteiger partial charge >= 0.3 is 6.09 Å². The molecule has 2 aliphatic heterocycles. The van der Waals surface area contributed by atoms with E-state index in [1.165, 1.54) is 11.1 Å². The number of rotatable bonds is 2. The topological polar surface area (TPSA) is 88.5 Å². The lowest BCUT2D eigenvalue weighted by Gasteiger charge is -2.46. The molecule has 0 aliphatic carbocycles. The maximum atomic E-state index is 14.5. The smallest absolute Gasteiger partial charge is 0.411 e. The minimum absolute atomic E-state index is 0.0490. The number of amides is 1. The maximum Gasteiger partial charge on any atom is 0.411 e. The van der Waals surface area contributed by atoms with Gasteiger partial charge in [0.25, 0.3) is 0 Å². The minimum Gasteiger partial charge on any atom is -0.444 e. The molecule has 160 valence electrons. The summed E-state index contributed by atoms with van der Waals surface area (Å²) in [6, 6.07) is -0.271. The zero-order chi connectivity index (χ0) is 21.8. The number of hydrogen-bond acceptors (Lipinski definition) is 7.